The Bertz CT molecular complexity index is 1560. The molecule has 0 spiro atoms. The van der Waals surface area contributed by atoms with Gasteiger partial charge in [-0.15, -0.1) is 0 Å². The number of hydrogen-bond donors (Lipinski definition) is 3. The van der Waals surface area contributed by atoms with Crippen LogP contribution in [0.15, 0.2) is 91.0 Å². The number of benzene rings is 4. The smallest absolute Gasteiger partial charge is 0.407 e. The second kappa shape index (κ2) is 12.9. The van der Waals surface area contributed by atoms with E-state index in [4.69, 9.17) is 19.3 Å². The molecule has 0 saturated carbocycles. The molecule has 0 atom stereocenters. The first kappa shape index (κ1) is 28.2. The number of carboxylic acids is 1. The fourth-order valence-electron chi connectivity index (χ4n) is 5.04. The lowest BCUT2D eigenvalue weighted by Crippen LogP contribution is -2.37. The maximum absolute atomic E-state index is 12.6. The largest absolute Gasteiger partial charge is 0.497 e. The van der Waals surface area contributed by atoms with Crippen molar-refractivity contribution < 1.29 is 33.7 Å². The Labute approximate surface area is 243 Å². The number of fused-ring (bicyclic) bond motifs is 3. The van der Waals surface area contributed by atoms with E-state index >= 15 is 0 Å². The lowest BCUT2D eigenvalue weighted by Gasteiger charge is -2.15. The van der Waals surface area contributed by atoms with E-state index in [2.05, 4.69) is 22.8 Å². The van der Waals surface area contributed by atoms with Gasteiger partial charge in [0, 0.05) is 12.5 Å². The molecule has 1 aliphatic carbocycles. The van der Waals surface area contributed by atoms with Crippen LogP contribution in [0.5, 0.6) is 11.5 Å². The summed E-state index contributed by atoms with van der Waals surface area (Å²) < 4.78 is 16.1. The molecule has 2 amide bonds. The lowest BCUT2D eigenvalue weighted by molar-refractivity contribution is -0.139. The van der Waals surface area contributed by atoms with Gasteiger partial charge in [0.25, 0.3) is 0 Å². The minimum absolute atomic E-state index is 0.0664. The standard InChI is InChI=1S/C33H30N2O7/c1-40-24-15-12-22(29(16-24)21-10-13-23(14-11-21)41-20-32(37)38)17-34-31(36)18-35-33(39)42-19-30-27-8-4-2-6-25(27)26-7-3-5-9-28(26)30/h2-16,30H,17-20H2,1H3,(H,34,36)(H,35,39)(H,37,38). The highest BCUT2D eigenvalue weighted by atomic mass is 16.5. The van der Waals surface area contributed by atoms with Crippen LogP contribution >= 0.6 is 0 Å². The number of aliphatic carboxylic acids is 1. The fourth-order valence-corrected chi connectivity index (χ4v) is 5.04. The molecule has 9 nitrogen and oxygen atoms in total. The Morgan fingerprint density at radius 2 is 1.43 bits per heavy atom. The maximum Gasteiger partial charge on any atom is 0.407 e. The number of carbonyl (C=O) groups is 3. The Hall–Kier alpha value is -5.31. The number of nitrogens with one attached hydrogen (secondary N) is 2. The van der Waals surface area contributed by atoms with Crippen LogP contribution < -0.4 is 20.1 Å². The molecule has 42 heavy (non-hydrogen) atoms. The summed E-state index contributed by atoms with van der Waals surface area (Å²) >= 11 is 0. The van der Waals surface area contributed by atoms with E-state index in [1.165, 1.54) is 0 Å². The number of carbonyl (C=O) groups excluding carboxylic acids is 2. The molecule has 0 aliphatic heterocycles. The molecule has 0 bridgehead atoms. The van der Waals surface area contributed by atoms with Crippen LogP contribution in [0.3, 0.4) is 0 Å². The van der Waals surface area contributed by atoms with Crippen LogP contribution in [0.1, 0.15) is 22.6 Å². The van der Waals surface area contributed by atoms with Gasteiger partial charge in [-0.25, -0.2) is 9.59 Å². The first-order valence-corrected chi connectivity index (χ1v) is 13.4. The number of amides is 2. The van der Waals surface area contributed by atoms with Crippen LogP contribution in [-0.4, -0.2) is 49.9 Å². The summed E-state index contributed by atoms with van der Waals surface area (Å²) in [7, 11) is 1.57. The number of methoxy groups -OCH3 is 1. The predicted molar refractivity (Wildman–Crippen MR) is 156 cm³/mol. The molecule has 1 aliphatic rings. The van der Waals surface area contributed by atoms with Crippen molar-refractivity contribution in [3.8, 4) is 33.8 Å². The molecule has 0 heterocycles. The lowest BCUT2D eigenvalue weighted by atomic mass is 9.98. The van der Waals surface area contributed by atoms with Gasteiger partial charge in [-0.2, -0.15) is 0 Å². The van der Waals surface area contributed by atoms with Gasteiger partial charge >= 0.3 is 12.1 Å². The van der Waals surface area contributed by atoms with Crippen molar-refractivity contribution in [3.05, 3.63) is 108 Å². The second-order valence-corrected chi connectivity index (χ2v) is 9.69. The summed E-state index contributed by atoms with van der Waals surface area (Å²) in [4.78, 5) is 35.8. The average Bonchev–Trinajstić information content (AvgIpc) is 3.34. The Morgan fingerprint density at radius 3 is 2.07 bits per heavy atom. The van der Waals surface area contributed by atoms with Crippen molar-refractivity contribution in [2.24, 2.45) is 0 Å². The number of hydrogen-bond acceptors (Lipinski definition) is 6. The quantitative estimate of drug-likeness (QED) is 0.234. The summed E-state index contributed by atoms with van der Waals surface area (Å²) in [5, 5.41) is 14.2. The Balaban J connectivity index is 1.15. The zero-order chi connectivity index (χ0) is 29.5. The topological polar surface area (TPSA) is 123 Å². The molecule has 0 radical (unpaired) electrons. The van der Waals surface area contributed by atoms with Crippen LogP contribution in [0, 0.1) is 0 Å². The monoisotopic (exact) mass is 566 g/mol. The first-order chi connectivity index (χ1) is 20.4. The summed E-state index contributed by atoms with van der Waals surface area (Å²) in [5.41, 5.74) is 6.98. The van der Waals surface area contributed by atoms with Gasteiger partial charge in [-0.1, -0.05) is 66.7 Å². The summed E-state index contributed by atoms with van der Waals surface area (Å²) in [6, 6.07) is 28.6. The van der Waals surface area contributed by atoms with Crippen LogP contribution in [0.25, 0.3) is 22.3 Å². The van der Waals surface area contributed by atoms with E-state index in [-0.39, 0.29) is 31.5 Å². The predicted octanol–water partition coefficient (Wildman–Crippen LogP) is 4.98. The summed E-state index contributed by atoms with van der Waals surface area (Å²) in [6.45, 7) is -0.295. The van der Waals surface area contributed by atoms with E-state index < -0.39 is 18.7 Å². The summed E-state index contributed by atoms with van der Waals surface area (Å²) in [6.07, 6.45) is -0.664. The number of rotatable bonds is 11. The van der Waals surface area contributed by atoms with E-state index in [0.717, 1.165) is 38.9 Å². The molecule has 4 aromatic rings. The van der Waals surface area contributed by atoms with E-state index in [9.17, 15) is 14.4 Å². The van der Waals surface area contributed by atoms with Crippen molar-refractivity contribution >= 4 is 18.0 Å². The molecular formula is C33H30N2O7. The molecule has 0 unspecified atom stereocenters. The fraction of sp³-hybridized carbons (Fsp3) is 0.182. The van der Waals surface area contributed by atoms with Gasteiger partial charge in [-0.05, 0) is 63.2 Å². The zero-order valence-electron chi connectivity index (χ0n) is 23.0. The first-order valence-electron chi connectivity index (χ1n) is 13.4. The molecule has 5 rings (SSSR count). The highest BCUT2D eigenvalue weighted by Crippen LogP contribution is 2.44. The molecule has 3 N–H and O–H groups in total. The number of ether oxygens (including phenoxy) is 3. The van der Waals surface area contributed by atoms with Crippen LogP contribution in [0.4, 0.5) is 4.79 Å². The molecule has 4 aromatic carbocycles. The van der Waals surface area contributed by atoms with Crippen molar-refractivity contribution in [1.29, 1.82) is 0 Å². The van der Waals surface area contributed by atoms with E-state index in [1.807, 2.05) is 48.5 Å². The summed E-state index contributed by atoms with van der Waals surface area (Å²) in [5.74, 6) is -0.426. The van der Waals surface area contributed by atoms with Gasteiger partial charge in [0.2, 0.25) is 5.91 Å². The molecule has 9 heteroatoms. The molecular weight excluding hydrogens is 536 g/mol. The zero-order valence-corrected chi connectivity index (χ0v) is 23.0. The normalized spacial score (nSPS) is 11.6. The molecule has 0 saturated heterocycles. The molecule has 214 valence electrons. The van der Waals surface area contributed by atoms with Crippen molar-refractivity contribution in [3.63, 3.8) is 0 Å². The number of carboxylic acid groups (broad SMARTS) is 1. The van der Waals surface area contributed by atoms with Gasteiger partial charge in [0.1, 0.15) is 24.7 Å². The Kier molecular flexibility index (Phi) is 8.67. The third-order valence-corrected chi connectivity index (χ3v) is 7.06. The Morgan fingerprint density at radius 1 is 0.786 bits per heavy atom. The third kappa shape index (κ3) is 6.52. The minimum Gasteiger partial charge on any atom is -0.497 e. The van der Waals surface area contributed by atoms with Gasteiger partial charge < -0.3 is 30.0 Å². The third-order valence-electron chi connectivity index (χ3n) is 7.06. The minimum atomic E-state index is -1.06. The van der Waals surface area contributed by atoms with Crippen molar-refractivity contribution in [2.75, 3.05) is 26.9 Å². The van der Waals surface area contributed by atoms with Gasteiger partial charge in [0.05, 0.1) is 7.11 Å². The molecule has 0 fully saturated rings. The SMILES string of the molecule is COc1ccc(CNC(=O)CNC(=O)OCC2c3ccccc3-c3ccccc32)c(-c2ccc(OCC(=O)O)cc2)c1. The second-order valence-electron chi connectivity index (χ2n) is 9.69. The van der Waals surface area contributed by atoms with Crippen LogP contribution in [-0.2, 0) is 20.9 Å². The van der Waals surface area contributed by atoms with E-state index in [0.29, 0.717) is 11.5 Å². The van der Waals surface area contributed by atoms with E-state index in [1.54, 1.807) is 37.4 Å². The highest BCUT2D eigenvalue weighted by molar-refractivity contribution is 5.83. The van der Waals surface area contributed by atoms with Crippen molar-refractivity contribution in [2.45, 2.75) is 12.5 Å². The van der Waals surface area contributed by atoms with Gasteiger partial charge in [0.15, 0.2) is 6.61 Å². The van der Waals surface area contributed by atoms with Gasteiger partial charge in [-0.3, -0.25) is 4.79 Å². The average molecular weight is 567 g/mol. The van der Waals surface area contributed by atoms with Crippen molar-refractivity contribution in [1.82, 2.24) is 10.6 Å². The maximum atomic E-state index is 12.6. The molecule has 0 aromatic heterocycles. The van der Waals surface area contributed by atoms with Crippen LogP contribution in [0.2, 0.25) is 0 Å². The highest BCUT2D eigenvalue weighted by Gasteiger charge is 2.29. The number of alkyl carbamates (subject to hydrolysis) is 1.